The number of nitriles is 1. The number of aromatic nitrogens is 3. The zero-order valence-corrected chi connectivity index (χ0v) is 21.0. The molecule has 12 heteroatoms. The summed E-state index contributed by atoms with van der Waals surface area (Å²) in [5.41, 5.74) is 2.39. The molecule has 3 aromatic rings. The van der Waals surface area contributed by atoms with Crippen LogP contribution in [0.15, 0.2) is 48.7 Å². The van der Waals surface area contributed by atoms with Crippen LogP contribution in [0, 0.1) is 11.3 Å². The number of sulfonamides is 1. The number of carbonyl (C=O) groups is 2. The van der Waals surface area contributed by atoms with Crippen molar-refractivity contribution < 1.29 is 18.0 Å². The van der Waals surface area contributed by atoms with Crippen LogP contribution in [0.2, 0.25) is 0 Å². The van der Waals surface area contributed by atoms with Crippen LogP contribution in [-0.2, 0) is 30.0 Å². The van der Waals surface area contributed by atoms with Gasteiger partial charge in [-0.2, -0.15) is 10.4 Å². The highest BCUT2D eigenvalue weighted by molar-refractivity contribution is 7.94. The number of nitrogens with one attached hydrogen (secondary N) is 2. The van der Waals surface area contributed by atoms with Crippen molar-refractivity contribution in [3.8, 4) is 6.07 Å². The number of pyridine rings is 1. The standard InChI is InChI=1S/C25H25N7O4S/c1-31-22-19(21(29-31)23(33)28-15-18-7-5-17(14-26)6-8-18)9-13-32(24(22)34)16-25(10-11-25)37(35,36)30-20-4-2-3-12-27-20/h2-8,12H,9-11,13,15-16H2,1H3,(H,27,30)(H,28,33). The van der Waals surface area contributed by atoms with E-state index in [0.717, 1.165) is 5.56 Å². The predicted molar refractivity (Wildman–Crippen MR) is 134 cm³/mol. The lowest BCUT2D eigenvalue weighted by molar-refractivity contribution is 0.0724. The van der Waals surface area contributed by atoms with Crippen LogP contribution in [0.25, 0.3) is 0 Å². The number of hydrogen-bond donors (Lipinski definition) is 2. The molecular weight excluding hydrogens is 494 g/mol. The molecule has 2 aliphatic rings. The van der Waals surface area contributed by atoms with Crippen molar-refractivity contribution in [2.45, 2.75) is 30.6 Å². The molecule has 0 spiro atoms. The number of benzene rings is 1. The molecule has 37 heavy (non-hydrogen) atoms. The number of amides is 2. The van der Waals surface area contributed by atoms with Crippen molar-refractivity contribution in [1.29, 1.82) is 5.26 Å². The average Bonchev–Trinajstić information content (AvgIpc) is 3.61. The number of hydrogen-bond acceptors (Lipinski definition) is 7. The molecule has 1 aromatic carbocycles. The summed E-state index contributed by atoms with van der Waals surface area (Å²) in [6, 6.07) is 13.9. The van der Waals surface area contributed by atoms with Gasteiger partial charge in [-0.25, -0.2) is 13.4 Å². The van der Waals surface area contributed by atoms with Gasteiger partial charge in [-0.15, -0.1) is 0 Å². The average molecular weight is 520 g/mol. The maximum atomic E-state index is 13.4. The van der Waals surface area contributed by atoms with Crippen LogP contribution in [0.3, 0.4) is 0 Å². The number of fused-ring (bicyclic) bond motifs is 1. The fraction of sp³-hybridized carbons (Fsp3) is 0.320. The minimum Gasteiger partial charge on any atom is -0.347 e. The molecule has 11 nitrogen and oxygen atoms in total. The second-order valence-electron chi connectivity index (χ2n) is 9.27. The SMILES string of the molecule is Cn1nc(C(=O)NCc2ccc(C#N)cc2)c2c1C(=O)N(CC1(S(=O)(=O)Nc3ccccn3)CC1)CC2. The Kier molecular flexibility index (Phi) is 6.16. The van der Waals surface area contributed by atoms with Gasteiger partial charge in [0, 0.05) is 38.4 Å². The zero-order valence-electron chi connectivity index (χ0n) is 20.1. The van der Waals surface area contributed by atoms with Crippen molar-refractivity contribution in [3.63, 3.8) is 0 Å². The van der Waals surface area contributed by atoms with Crippen LogP contribution >= 0.6 is 0 Å². The molecule has 2 amide bonds. The Bertz CT molecular complexity index is 1500. The lowest BCUT2D eigenvalue weighted by Crippen LogP contribution is -2.47. The highest BCUT2D eigenvalue weighted by Gasteiger charge is 2.56. The minimum absolute atomic E-state index is 0.0544. The van der Waals surface area contributed by atoms with Gasteiger partial charge in [-0.05, 0) is 49.1 Å². The molecule has 2 aromatic heterocycles. The first-order valence-electron chi connectivity index (χ1n) is 11.8. The van der Waals surface area contributed by atoms with Gasteiger partial charge in [-0.1, -0.05) is 18.2 Å². The topological polar surface area (TPSA) is 150 Å². The number of rotatable bonds is 8. The third kappa shape index (κ3) is 4.65. The number of aryl methyl sites for hydroxylation is 1. The number of anilines is 1. The van der Waals surface area contributed by atoms with Crippen LogP contribution in [0.1, 0.15) is 50.5 Å². The summed E-state index contributed by atoms with van der Waals surface area (Å²) >= 11 is 0. The molecular formula is C25H25N7O4S. The van der Waals surface area contributed by atoms with E-state index in [1.807, 2.05) is 0 Å². The van der Waals surface area contributed by atoms with Gasteiger partial charge in [0.15, 0.2) is 5.69 Å². The molecule has 1 saturated carbocycles. The van der Waals surface area contributed by atoms with Crippen molar-refractivity contribution >= 4 is 27.7 Å². The third-order valence-corrected chi connectivity index (χ3v) is 8.93. The van der Waals surface area contributed by atoms with E-state index in [1.54, 1.807) is 49.5 Å². The third-order valence-electron chi connectivity index (χ3n) is 6.78. The highest BCUT2D eigenvalue weighted by atomic mass is 32.2. The van der Waals surface area contributed by atoms with E-state index in [0.29, 0.717) is 36.1 Å². The van der Waals surface area contributed by atoms with E-state index in [1.165, 1.54) is 15.8 Å². The van der Waals surface area contributed by atoms with Gasteiger partial charge in [0.05, 0.1) is 11.6 Å². The highest BCUT2D eigenvalue weighted by Crippen LogP contribution is 2.45. The van der Waals surface area contributed by atoms with Gasteiger partial charge < -0.3 is 10.2 Å². The Morgan fingerprint density at radius 3 is 2.59 bits per heavy atom. The zero-order chi connectivity index (χ0) is 26.2. The first-order valence-corrected chi connectivity index (χ1v) is 13.3. The van der Waals surface area contributed by atoms with E-state index >= 15 is 0 Å². The van der Waals surface area contributed by atoms with E-state index in [-0.39, 0.29) is 37.1 Å². The smallest absolute Gasteiger partial charge is 0.272 e. The van der Waals surface area contributed by atoms with Gasteiger partial charge in [0.2, 0.25) is 10.0 Å². The summed E-state index contributed by atoms with van der Waals surface area (Å²) < 4.78 is 29.1. The molecule has 0 unspecified atom stereocenters. The Morgan fingerprint density at radius 1 is 1.19 bits per heavy atom. The summed E-state index contributed by atoms with van der Waals surface area (Å²) in [5.74, 6) is -0.505. The van der Waals surface area contributed by atoms with Crippen LogP contribution in [0.5, 0.6) is 0 Å². The van der Waals surface area contributed by atoms with E-state index in [4.69, 9.17) is 5.26 Å². The van der Waals surface area contributed by atoms with Crippen LogP contribution in [-0.4, -0.2) is 57.7 Å². The van der Waals surface area contributed by atoms with Crippen molar-refractivity contribution in [2.75, 3.05) is 17.8 Å². The fourth-order valence-electron chi connectivity index (χ4n) is 4.53. The lowest BCUT2D eigenvalue weighted by atomic mass is 10.0. The predicted octanol–water partition coefficient (Wildman–Crippen LogP) is 1.59. The van der Waals surface area contributed by atoms with Crippen molar-refractivity contribution in [1.82, 2.24) is 25.0 Å². The molecule has 0 bridgehead atoms. The molecule has 1 aliphatic heterocycles. The van der Waals surface area contributed by atoms with Crippen molar-refractivity contribution in [2.24, 2.45) is 7.05 Å². The van der Waals surface area contributed by atoms with Gasteiger partial charge >= 0.3 is 0 Å². The second-order valence-corrected chi connectivity index (χ2v) is 11.3. The molecule has 0 atom stereocenters. The fourth-order valence-corrected chi connectivity index (χ4v) is 6.11. The summed E-state index contributed by atoms with van der Waals surface area (Å²) in [7, 11) is -2.17. The first kappa shape index (κ1) is 24.5. The summed E-state index contributed by atoms with van der Waals surface area (Å²) in [5, 5.41) is 16.0. The normalized spacial score (nSPS) is 16.0. The maximum Gasteiger partial charge on any atom is 0.272 e. The summed E-state index contributed by atoms with van der Waals surface area (Å²) in [4.78, 5) is 31.9. The van der Waals surface area contributed by atoms with Crippen LogP contribution < -0.4 is 10.0 Å². The Hall–Kier alpha value is -4.24. The molecule has 0 saturated heterocycles. The second kappa shape index (κ2) is 9.33. The molecule has 0 radical (unpaired) electrons. The Labute approximate surface area is 214 Å². The van der Waals surface area contributed by atoms with E-state index in [9.17, 15) is 18.0 Å². The molecule has 2 N–H and O–H groups in total. The number of carbonyl (C=O) groups excluding carboxylic acids is 2. The Morgan fingerprint density at radius 2 is 1.95 bits per heavy atom. The molecule has 1 aliphatic carbocycles. The van der Waals surface area contributed by atoms with Gasteiger partial charge in [0.25, 0.3) is 11.8 Å². The molecule has 5 rings (SSSR count). The molecule has 3 heterocycles. The van der Waals surface area contributed by atoms with Gasteiger partial charge in [-0.3, -0.25) is 19.0 Å². The first-order chi connectivity index (χ1) is 17.7. The monoisotopic (exact) mass is 519 g/mol. The van der Waals surface area contributed by atoms with Crippen molar-refractivity contribution in [3.05, 3.63) is 76.7 Å². The summed E-state index contributed by atoms with van der Waals surface area (Å²) in [6.07, 6.45) is 2.78. The minimum atomic E-state index is -3.77. The Balaban J connectivity index is 1.29. The summed E-state index contributed by atoms with van der Waals surface area (Å²) in [6.45, 7) is 0.590. The largest absolute Gasteiger partial charge is 0.347 e. The lowest BCUT2D eigenvalue weighted by Gasteiger charge is -2.31. The van der Waals surface area contributed by atoms with Crippen LogP contribution in [0.4, 0.5) is 5.82 Å². The van der Waals surface area contributed by atoms with E-state index < -0.39 is 20.7 Å². The maximum absolute atomic E-state index is 13.4. The number of nitrogens with zero attached hydrogens (tertiary/aromatic N) is 5. The van der Waals surface area contributed by atoms with Gasteiger partial charge in [0.1, 0.15) is 16.3 Å². The quantitative estimate of drug-likeness (QED) is 0.459. The molecule has 190 valence electrons. The molecule has 1 fully saturated rings. The van der Waals surface area contributed by atoms with E-state index in [2.05, 4.69) is 26.2 Å².